The normalized spacial score (nSPS) is 17.8. The average Bonchev–Trinajstić information content (AvgIpc) is 2.18. The van der Waals surface area contributed by atoms with Gasteiger partial charge in [0, 0.05) is 19.1 Å². The first-order valence-electron chi connectivity index (χ1n) is 4.92. The Morgan fingerprint density at radius 1 is 1.33 bits per heavy atom. The van der Waals surface area contributed by atoms with E-state index in [1.165, 1.54) is 0 Å². The largest absolute Gasteiger partial charge is 0.481 e. The number of hydrogen-bond donors (Lipinski definition) is 2. The van der Waals surface area contributed by atoms with Gasteiger partial charge in [0.15, 0.2) is 0 Å². The number of rotatable bonds is 4. The molecule has 86 valence electrons. The maximum absolute atomic E-state index is 11.6. The lowest BCUT2D eigenvalue weighted by molar-refractivity contribution is -0.133. The molecule has 1 saturated heterocycles. The second-order valence-corrected chi connectivity index (χ2v) is 4.59. The number of amides is 1. The van der Waals surface area contributed by atoms with Crippen LogP contribution in [0.2, 0.25) is 0 Å². The Kier molecular flexibility index (Phi) is 4.90. The fraction of sp³-hybridized carbons (Fsp3) is 0.778. The molecule has 1 rings (SSSR count). The molecule has 0 saturated carbocycles. The third-order valence-corrected chi connectivity index (χ3v) is 3.25. The summed E-state index contributed by atoms with van der Waals surface area (Å²) in [4.78, 5) is 23.6. The summed E-state index contributed by atoms with van der Waals surface area (Å²) in [5.41, 5.74) is 5.72. The van der Waals surface area contributed by atoms with Crippen LogP contribution in [-0.2, 0) is 9.59 Å². The molecule has 15 heavy (non-hydrogen) atoms. The minimum absolute atomic E-state index is 0.0148. The maximum atomic E-state index is 11.6. The highest BCUT2D eigenvalue weighted by atomic mass is 32.2. The van der Waals surface area contributed by atoms with Gasteiger partial charge in [-0.2, -0.15) is 0 Å². The Hall–Kier alpha value is -0.750. The summed E-state index contributed by atoms with van der Waals surface area (Å²) >= 11 is 1.14. The van der Waals surface area contributed by atoms with Gasteiger partial charge < -0.3 is 15.7 Å². The highest BCUT2D eigenvalue weighted by molar-refractivity contribution is 8.00. The first-order chi connectivity index (χ1) is 7.09. The number of carbonyl (C=O) groups is 2. The molecule has 0 radical (unpaired) electrons. The number of carboxylic acids is 1. The van der Waals surface area contributed by atoms with E-state index < -0.39 is 5.97 Å². The third kappa shape index (κ3) is 4.53. The molecule has 0 bridgehead atoms. The number of carbonyl (C=O) groups excluding carboxylic acids is 1. The lowest BCUT2D eigenvalue weighted by Gasteiger charge is -2.30. The Morgan fingerprint density at radius 2 is 1.93 bits per heavy atom. The Labute approximate surface area is 93.0 Å². The quantitative estimate of drug-likeness (QED) is 0.698. The molecule has 0 aromatic heterocycles. The van der Waals surface area contributed by atoms with Gasteiger partial charge >= 0.3 is 5.97 Å². The van der Waals surface area contributed by atoms with Crippen molar-refractivity contribution < 1.29 is 14.7 Å². The number of likely N-dealkylation sites (tertiary alicyclic amines) is 1. The van der Waals surface area contributed by atoms with E-state index in [4.69, 9.17) is 10.8 Å². The number of aliphatic carboxylic acids is 1. The molecule has 0 spiro atoms. The summed E-state index contributed by atoms with van der Waals surface area (Å²) in [5.74, 6) is -0.623. The van der Waals surface area contributed by atoms with Crippen molar-refractivity contribution in [2.45, 2.75) is 18.9 Å². The van der Waals surface area contributed by atoms with Gasteiger partial charge in [-0.05, 0) is 12.8 Å². The van der Waals surface area contributed by atoms with Crippen LogP contribution in [0, 0.1) is 0 Å². The summed E-state index contributed by atoms with van der Waals surface area (Å²) in [6.45, 7) is 1.40. The van der Waals surface area contributed by atoms with E-state index in [2.05, 4.69) is 0 Å². The topological polar surface area (TPSA) is 83.6 Å². The molecule has 1 aliphatic rings. The summed E-state index contributed by atoms with van der Waals surface area (Å²) in [6, 6.07) is 0.209. The number of carboxylic acid groups (broad SMARTS) is 1. The van der Waals surface area contributed by atoms with Crippen LogP contribution in [0.3, 0.4) is 0 Å². The molecule has 0 unspecified atom stereocenters. The predicted octanol–water partition coefficient (Wildman–Crippen LogP) is -0.246. The molecular formula is C9H16N2O3S. The van der Waals surface area contributed by atoms with Crippen molar-refractivity contribution in [3.63, 3.8) is 0 Å². The van der Waals surface area contributed by atoms with E-state index in [0.29, 0.717) is 13.1 Å². The fourth-order valence-corrected chi connectivity index (χ4v) is 2.10. The van der Waals surface area contributed by atoms with Crippen molar-refractivity contribution in [2.75, 3.05) is 24.6 Å². The molecule has 3 N–H and O–H groups in total. The zero-order chi connectivity index (χ0) is 11.3. The molecule has 0 atom stereocenters. The number of piperidine rings is 1. The van der Waals surface area contributed by atoms with Crippen molar-refractivity contribution in [1.29, 1.82) is 0 Å². The van der Waals surface area contributed by atoms with Crippen molar-refractivity contribution in [3.05, 3.63) is 0 Å². The van der Waals surface area contributed by atoms with Gasteiger partial charge in [-0.15, -0.1) is 11.8 Å². The van der Waals surface area contributed by atoms with Crippen molar-refractivity contribution >= 4 is 23.6 Å². The van der Waals surface area contributed by atoms with Gasteiger partial charge in [-0.25, -0.2) is 0 Å². The van der Waals surface area contributed by atoms with Gasteiger partial charge in [-0.1, -0.05) is 0 Å². The highest BCUT2D eigenvalue weighted by Crippen LogP contribution is 2.10. The number of nitrogens with two attached hydrogens (primary N) is 1. The molecule has 0 aliphatic carbocycles. The van der Waals surface area contributed by atoms with Crippen molar-refractivity contribution in [1.82, 2.24) is 4.90 Å². The minimum atomic E-state index is -0.881. The molecule has 5 nitrogen and oxygen atoms in total. The first-order valence-corrected chi connectivity index (χ1v) is 6.08. The summed E-state index contributed by atoms with van der Waals surface area (Å²) in [6.07, 6.45) is 1.69. The van der Waals surface area contributed by atoms with E-state index in [-0.39, 0.29) is 23.5 Å². The maximum Gasteiger partial charge on any atom is 0.313 e. The Morgan fingerprint density at radius 3 is 2.47 bits per heavy atom. The number of thioether (sulfide) groups is 1. The van der Waals surface area contributed by atoms with Crippen LogP contribution in [0.25, 0.3) is 0 Å². The number of hydrogen-bond acceptors (Lipinski definition) is 4. The van der Waals surface area contributed by atoms with E-state index in [1.54, 1.807) is 4.90 Å². The van der Waals surface area contributed by atoms with Gasteiger partial charge in [0.25, 0.3) is 0 Å². The van der Waals surface area contributed by atoms with Crippen molar-refractivity contribution in [3.8, 4) is 0 Å². The molecule has 0 aromatic rings. The Balaban J connectivity index is 2.19. The monoisotopic (exact) mass is 232 g/mol. The second-order valence-electron chi connectivity index (χ2n) is 3.60. The zero-order valence-corrected chi connectivity index (χ0v) is 9.33. The summed E-state index contributed by atoms with van der Waals surface area (Å²) in [5, 5.41) is 8.41. The van der Waals surface area contributed by atoms with E-state index in [9.17, 15) is 9.59 Å². The van der Waals surface area contributed by atoms with Crippen LogP contribution in [0.15, 0.2) is 0 Å². The van der Waals surface area contributed by atoms with E-state index in [0.717, 1.165) is 24.6 Å². The van der Waals surface area contributed by atoms with Crippen LogP contribution < -0.4 is 5.73 Å². The minimum Gasteiger partial charge on any atom is -0.481 e. The standard InChI is InChI=1S/C9H16N2O3S/c10-7-1-3-11(4-2-7)8(12)5-15-6-9(13)14/h7H,1-6,10H2,(H,13,14). The highest BCUT2D eigenvalue weighted by Gasteiger charge is 2.20. The SMILES string of the molecule is NC1CCN(C(=O)CSCC(=O)O)CC1. The molecule has 0 aromatic carbocycles. The molecule has 6 heteroatoms. The van der Waals surface area contributed by atoms with Gasteiger partial charge in [-0.3, -0.25) is 9.59 Å². The first kappa shape index (κ1) is 12.3. The molecular weight excluding hydrogens is 216 g/mol. The molecule has 1 heterocycles. The Bertz CT molecular complexity index is 240. The smallest absolute Gasteiger partial charge is 0.313 e. The summed E-state index contributed by atoms with van der Waals surface area (Å²) in [7, 11) is 0. The van der Waals surface area contributed by atoms with Crippen LogP contribution in [0.5, 0.6) is 0 Å². The van der Waals surface area contributed by atoms with Gasteiger partial charge in [0.05, 0.1) is 11.5 Å². The van der Waals surface area contributed by atoms with Gasteiger partial charge in [0.2, 0.25) is 5.91 Å². The van der Waals surface area contributed by atoms with Crippen LogP contribution >= 0.6 is 11.8 Å². The van der Waals surface area contributed by atoms with Crippen molar-refractivity contribution in [2.24, 2.45) is 5.73 Å². The number of nitrogens with zero attached hydrogens (tertiary/aromatic N) is 1. The average molecular weight is 232 g/mol. The van der Waals surface area contributed by atoms with Gasteiger partial charge in [0.1, 0.15) is 0 Å². The zero-order valence-electron chi connectivity index (χ0n) is 8.52. The van der Waals surface area contributed by atoms with Crippen LogP contribution in [0.1, 0.15) is 12.8 Å². The summed E-state index contributed by atoms with van der Waals surface area (Å²) < 4.78 is 0. The van der Waals surface area contributed by atoms with E-state index in [1.807, 2.05) is 0 Å². The second kappa shape index (κ2) is 5.97. The predicted molar refractivity (Wildman–Crippen MR) is 58.8 cm³/mol. The molecule has 1 aliphatic heterocycles. The van der Waals surface area contributed by atoms with E-state index >= 15 is 0 Å². The van der Waals surface area contributed by atoms with Crippen LogP contribution in [0.4, 0.5) is 0 Å². The molecule has 1 fully saturated rings. The van der Waals surface area contributed by atoms with Crippen LogP contribution in [-0.4, -0.2) is 52.5 Å². The molecule has 1 amide bonds. The lowest BCUT2D eigenvalue weighted by Crippen LogP contribution is -2.43. The fourth-order valence-electron chi connectivity index (χ4n) is 1.47. The lowest BCUT2D eigenvalue weighted by atomic mass is 10.1. The third-order valence-electron chi connectivity index (χ3n) is 2.34.